The van der Waals surface area contributed by atoms with E-state index in [1.54, 1.807) is 12.1 Å². The average Bonchev–Trinajstić information content (AvgIpc) is 2.62. The summed E-state index contributed by atoms with van der Waals surface area (Å²) in [5.74, 6) is -0.365. The molecule has 0 radical (unpaired) electrons. The largest absolute Gasteiger partial charge is 0.508 e. The van der Waals surface area contributed by atoms with E-state index >= 15 is 0 Å². The van der Waals surface area contributed by atoms with Gasteiger partial charge in [-0.25, -0.2) is 0 Å². The number of aliphatic carboxylic acids is 1. The molecule has 0 bridgehead atoms. The van der Waals surface area contributed by atoms with Crippen LogP contribution in [0.25, 0.3) is 11.1 Å². The highest BCUT2D eigenvalue weighted by molar-refractivity contribution is 5.80. The van der Waals surface area contributed by atoms with Crippen molar-refractivity contribution in [3.63, 3.8) is 0 Å². The highest BCUT2D eigenvalue weighted by Gasteiger charge is 2.25. The van der Waals surface area contributed by atoms with E-state index < -0.39 is 5.97 Å². The molecule has 3 rings (SSSR count). The fourth-order valence-electron chi connectivity index (χ4n) is 2.82. The number of carboxylic acids is 1. The number of phenolic OH excluding ortho intramolecular Hbond substituents is 1. The summed E-state index contributed by atoms with van der Waals surface area (Å²) < 4.78 is 0. The number of benzene rings is 2. The van der Waals surface area contributed by atoms with Crippen molar-refractivity contribution in [3.8, 4) is 16.9 Å². The fourth-order valence-corrected chi connectivity index (χ4v) is 2.82. The molecule has 2 aromatic carbocycles. The Labute approximate surface area is 111 Å². The highest BCUT2D eigenvalue weighted by atomic mass is 16.4. The van der Waals surface area contributed by atoms with Crippen LogP contribution < -0.4 is 0 Å². The first-order chi connectivity index (χ1) is 9.06. The molecule has 1 aliphatic rings. The van der Waals surface area contributed by atoms with Gasteiger partial charge in [0.1, 0.15) is 5.75 Å². The molecule has 1 unspecified atom stereocenters. The summed E-state index contributed by atoms with van der Waals surface area (Å²) in [6.45, 7) is 2.08. The molecule has 0 amide bonds. The zero-order valence-electron chi connectivity index (χ0n) is 10.6. The standard InChI is InChI=1S/C16H14O3/c1-9-14-6-10(7-16(18)19)2-4-12(14)13-5-3-11(17)8-15(9)13/h2-6,8-9,17H,7H2,1H3,(H,18,19). The van der Waals surface area contributed by atoms with Crippen LogP contribution in [-0.4, -0.2) is 16.2 Å². The van der Waals surface area contributed by atoms with Crippen LogP contribution in [0.3, 0.4) is 0 Å². The van der Waals surface area contributed by atoms with Crippen LogP contribution in [0.4, 0.5) is 0 Å². The molecule has 2 aromatic rings. The van der Waals surface area contributed by atoms with Crippen molar-refractivity contribution in [2.45, 2.75) is 19.3 Å². The van der Waals surface area contributed by atoms with Crippen molar-refractivity contribution in [2.24, 2.45) is 0 Å². The second kappa shape index (κ2) is 4.12. The van der Waals surface area contributed by atoms with Crippen LogP contribution in [0.15, 0.2) is 36.4 Å². The normalized spacial score (nSPS) is 15.9. The minimum absolute atomic E-state index is 0.0432. The number of hydrogen-bond donors (Lipinski definition) is 2. The summed E-state index contributed by atoms with van der Waals surface area (Å²) in [4.78, 5) is 10.8. The minimum Gasteiger partial charge on any atom is -0.508 e. The van der Waals surface area contributed by atoms with Crippen LogP contribution in [0.1, 0.15) is 29.5 Å². The molecule has 1 aliphatic carbocycles. The van der Waals surface area contributed by atoms with Crippen LogP contribution >= 0.6 is 0 Å². The minimum atomic E-state index is -0.819. The molecule has 96 valence electrons. The van der Waals surface area contributed by atoms with E-state index in [0.29, 0.717) is 0 Å². The summed E-state index contributed by atoms with van der Waals surface area (Å²) in [7, 11) is 0. The number of rotatable bonds is 2. The molecule has 0 saturated carbocycles. The van der Waals surface area contributed by atoms with E-state index in [9.17, 15) is 9.90 Å². The topological polar surface area (TPSA) is 57.5 Å². The second-order valence-electron chi connectivity index (χ2n) is 4.99. The predicted octanol–water partition coefficient (Wildman–Crippen LogP) is 3.15. The molecule has 0 aliphatic heterocycles. The third-order valence-corrected chi connectivity index (χ3v) is 3.73. The maximum atomic E-state index is 10.8. The smallest absolute Gasteiger partial charge is 0.307 e. The summed E-state index contributed by atoms with van der Waals surface area (Å²) in [5.41, 5.74) is 5.32. The van der Waals surface area contributed by atoms with Gasteiger partial charge in [-0.2, -0.15) is 0 Å². The number of fused-ring (bicyclic) bond motifs is 3. The maximum absolute atomic E-state index is 10.8. The van der Waals surface area contributed by atoms with E-state index in [0.717, 1.165) is 27.8 Å². The van der Waals surface area contributed by atoms with Gasteiger partial charge < -0.3 is 10.2 Å². The van der Waals surface area contributed by atoms with Crippen molar-refractivity contribution in [1.29, 1.82) is 0 Å². The monoisotopic (exact) mass is 254 g/mol. The first-order valence-electron chi connectivity index (χ1n) is 6.24. The maximum Gasteiger partial charge on any atom is 0.307 e. The first-order valence-corrected chi connectivity index (χ1v) is 6.24. The molecular formula is C16H14O3. The van der Waals surface area contributed by atoms with Gasteiger partial charge in [0.25, 0.3) is 0 Å². The lowest BCUT2D eigenvalue weighted by Gasteiger charge is -2.07. The van der Waals surface area contributed by atoms with E-state index in [4.69, 9.17) is 5.11 Å². The number of hydrogen-bond acceptors (Lipinski definition) is 2. The summed E-state index contributed by atoms with van der Waals surface area (Å²) in [6.07, 6.45) is 0.0432. The molecular weight excluding hydrogens is 240 g/mol. The van der Waals surface area contributed by atoms with Crippen molar-refractivity contribution in [1.82, 2.24) is 0 Å². The van der Waals surface area contributed by atoms with E-state index in [-0.39, 0.29) is 18.1 Å². The van der Waals surface area contributed by atoms with Gasteiger partial charge in [0.2, 0.25) is 0 Å². The lowest BCUT2D eigenvalue weighted by molar-refractivity contribution is -0.136. The lowest BCUT2D eigenvalue weighted by Crippen LogP contribution is -2.01. The van der Waals surface area contributed by atoms with Gasteiger partial charge in [0, 0.05) is 5.92 Å². The van der Waals surface area contributed by atoms with Gasteiger partial charge in [-0.15, -0.1) is 0 Å². The van der Waals surface area contributed by atoms with Crippen molar-refractivity contribution >= 4 is 5.97 Å². The Morgan fingerprint density at radius 2 is 1.74 bits per heavy atom. The Bertz CT molecular complexity index is 674. The quantitative estimate of drug-likeness (QED) is 0.865. The van der Waals surface area contributed by atoms with Gasteiger partial charge in [0.15, 0.2) is 0 Å². The van der Waals surface area contributed by atoms with Crippen LogP contribution in [0.5, 0.6) is 5.75 Å². The first kappa shape index (κ1) is 11.8. The highest BCUT2D eigenvalue weighted by Crippen LogP contribution is 2.45. The molecule has 0 spiro atoms. The van der Waals surface area contributed by atoms with E-state index in [1.165, 1.54) is 0 Å². The van der Waals surface area contributed by atoms with Gasteiger partial charge in [-0.05, 0) is 39.9 Å². The van der Waals surface area contributed by atoms with Gasteiger partial charge in [-0.1, -0.05) is 31.2 Å². The van der Waals surface area contributed by atoms with Gasteiger partial charge >= 0.3 is 5.97 Å². The number of aromatic hydroxyl groups is 1. The predicted molar refractivity (Wildman–Crippen MR) is 72.4 cm³/mol. The summed E-state index contributed by atoms with van der Waals surface area (Å²) in [6, 6.07) is 11.2. The fraction of sp³-hybridized carbons (Fsp3) is 0.188. The molecule has 3 heteroatoms. The molecule has 0 aromatic heterocycles. The summed E-state index contributed by atoms with van der Waals surface area (Å²) >= 11 is 0. The zero-order valence-corrected chi connectivity index (χ0v) is 10.6. The zero-order chi connectivity index (χ0) is 13.6. The van der Waals surface area contributed by atoms with Gasteiger partial charge in [0.05, 0.1) is 6.42 Å². The molecule has 0 saturated heterocycles. The van der Waals surface area contributed by atoms with Crippen LogP contribution in [0, 0.1) is 0 Å². The van der Waals surface area contributed by atoms with Gasteiger partial charge in [-0.3, -0.25) is 4.79 Å². The Hall–Kier alpha value is -2.29. The van der Waals surface area contributed by atoms with Crippen LogP contribution in [0.2, 0.25) is 0 Å². The molecule has 0 fully saturated rings. The Morgan fingerprint density at radius 1 is 1.11 bits per heavy atom. The Balaban J connectivity index is 2.11. The number of carboxylic acid groups (broad SMARTS) is 1. The molecule has 1 atom stereocenters. The Kier molecular flexibility index (Phi) is 2.56. The molecule has 3 nitrogen and oxygen atoms in total. The van der Waals surface area contributed by atoms with Crippen LogP contribution in [-0.2, 0) is 11.2 Å². The van der Waals surface area contributed by atoms with Crippen molar-refractivity contribution < 1.29 is 15.0 Å². The Morgan fingerprint density at radius 3 is 2.42 bits per heavy atom. The SMILES string of the molecule is CC1c2cc(O)ccc2-c2ccc(CC(=O)O)cc21. The van der Waals surface area contributed by atoms with Crippen molar-refractivity contribution in [3.05, 3.63) is 53.1 Å². The average molecular weight is 254 g/mol. The number of phenols is 1. The summed E-state index contributed by atoms with van der Waals surface area (Å²) in [5, 5.41) is 18.4. The molecule has 0 heterocycles. The van der Waals surface area contributed by atoms with E-state index in [1.807, 2.05) is 24.3 Å². The number of carbonyl (C=O) groups is 1. The molecule has 2 N–H and O–H groups in total. The molecule has 19 heavy (non-hydrogen) atoms. The third-order valence-electron chi connectivity index (χ3n) is 3.73. The second-order valence-corrected chi connectivity index (χ2v) is 4.99. The lowest BCUT2D eigenvalue weighted by atomic mass is 9.97. The van der Waals surface area contributed by atoms with Crippen molar-refractivity contribution in [2.75, 3.05) is 0 Å². The van der Waals surface area contributed by atoms with E-state index in [2.05, 4.69) is 6.92 Å². The third kappa shape index (κ3) is 1.87.